The SMILES string of the molecule is CCc1c(F)ccc2cc(O)cc(-c3ncc4c(N5CCC=CCC5)nc(OCC5(CN(C)C)CC5)nc4c3F)c12. The Morgan fingerprint density at radius 2 is 1.83 bits per heavy atom. The lowest BCUT2D eigenvalue weighted by molar-refractivity contribution is 0.183. The van der Waals surface area contributed by atoms with Gasteiger partial charge in [-0.15, -0.1) is 0 Å². The van der Waals surface area contributed by atoms with Crippen LogP contribution in [0.4, 0.5) is 14.6 Å². The minimum Gasteiger partial charge on any atom is -0.508 e. The predicted octanol–water partition coefficient (Wildman–Crippen LogP) is 6.27. The zero-order valence-corrected chi connectivity index (χ0v) is 23.8. The first kappa shape index (κ1) is 27.3. The van der Waals surface area contributed by atoms with E-state index in [0.717, 1.165) is 45.3 Å². The molecule has 1 N–H and O–H groups in total. The normalized spacial score (nSPS) is 16.5. The average Bonchev–Trinajstić information content (AvgIpc) is 3.75. The van der Waals surface area contributed by atoms with Crippen LogP contribution in [0, 0.1) is 17.0 Å². The summed E-state index contributed by atoms with van der Waals surface area (Å²) in [6.45, 7) is 4.65. The van der Waals surface area contributed by atoms with Crippen LogP contribution >= 0.6 is 0 Å². The highest BCUT2D eigenvalue weighted by Crippen LogP contribution is 2.46. The number of hydrogen-bond acceptors (Lipinski definition) is 7. The van der Waals surface area contributed by atoms with Crippen molar-refractivity contribution in [2.24, 2.45) is 5.41 Å². The van der Waals surface area contributed by atoms with Gasteiger partial charge in [-0.2, -0.15) is 9.97 Å². The molecular formula is C32H35F2N5O2. The highest BCUT2D eigenvalue weighted by atomic mass is 19.1. The van der Waals surface area contributed by atoms with Crippen molar-refractivity contribution in [3.8, 4) is 23.0 Å². The number of rotatable bonds is 8. The summed E-state index contributed by atoms with van der Waals surface area (Å²) in [4.78, 5) is 18.2. The van der Waals surface area contributed by atoms with Crippen molar-refractivity contribution in [3.63, 3.8) is 0 Å². The first-order valence-electron chi connectivity index (χ1n) is 14.3. The van der Waals surface area contributed by atoms with E-state index < -0.39 is 5.82 Å². The van der Waals surface area contributed by atoms with Crippen molar-refractivity contribution < 1.29 is 18.6 Å². The van der Waals surface area contributed by atoms with Crippen molar-refractivity contribution >= 4 is 27.5 Å². The molecule has 0 atom stereocenters. The zero-order chi connectivity index (χ0) is 28.7. The summed E-state index contributed by atoms with van der Waals surface area (Å²) in [5, 5.41) is 12.1. The number of ether oxygens (including phenoxy) is 1. The number of anilines is 1. The number of pyridine rings is 1. The van der Waals surface area contributed by atoms with E-state index in [1.807, 2.05) is 21.0 Å². The molecule has 0 bridgehead atoms. The van der Waals surface area contributed by atoms with Crippen LogP contribution in [0.1, 0.15) is 38.2 Å². The van der Waals surface area contributed by atoms with Gasteiger partial charge in [0, 0.05) is 36.8 Å². The Morgan fingerprint density at radius 1 is 1.07 bits per heavy atom. The van der Waals surface area contributed by atoms with Crippen LogP contribution in [0.25, 0.3) is 32.9 Å². The fourth-order valence-corrected chi connectivity index (χ4v) is 5.98. The van der Waals surface area contributed by atoms with Gasteiger partial charge >= 0.3 is 6.01 Å². The van der Waals surface area contributed by atoms with Gasteiger partial charge in [0.1, 0.15) is 28.6 Å². The van der Waals surface area contributed by atoms with Gasteiger partial charge in [-0.3, -0.25) is 4.98 Å². The third-order valence-electron chi connectivity index (χ3n) is 8.12. The van der Waals surface area contributed by atoms with Gasteiger partial charge in [0.05, 0.1) is 12.0 Å². The molecule has 4 aromatic rings. The summed E-state index contributed by atoms with van der Waals surface area (Å²) in [5.41, 5.74) is 0.908. The first-order valence-corrected chi connectivity index (χ1v) is 14.3. The molecule has 1 aliphatic carbocycles. The van der Waals surface area contributed by atoms with E-state index in [4.69, 9.17) is 9.72 Å². The number of benzene rings is 2. The molecule has 2 aromatic carbocycles. The van der Waals surface area contributed by atoms with E-state index in [0.29, 0.717) is 46.1 Å². The third kappa shape index (κ3) is 5.30. The van der Waals surface area contributed by atoms with Crippen LogP contribution in [0.15, 0.2) is 42.6 Å². The fourth-order valence-electron chi connectivity index (χ4n) is 5.98. The second-order valence-electron chi connectivity index (χ2n) is 11.5. The van der Waals surface area contributed by atoms with Gasteiger partial charge in [0.25, 0.3) is 0 Å². The van der Waals surface area contributed by atoms with Crippen LogP contribution in [0.3, 0.4) is 0 Å². The minimum atomic E-state index is -0.656. The quantitative estimate of drug-likeness (QED) is 0.255. The van der Waals surface area contributed by atoms with Gasteiger partial charge in [0.2, 0.25) is 0 Å². The second kappa shape index (κ2) is 10.9. The summed E-state index contributed by atoms with van der Waals surface area (Å²) in [6, 6.07) is 6.09. The highest BCUT2D eigenvalue weighted by Gasteiger charge is 2.44. The summed E-state index contributed by atoms with van der Waals surface area (Å²) >= 11 is 0. The lowest BCUT2D eigenvalue weighted by Gasteiger charge is -2.24. The molecule has 0 radical (unpaired) electrons. The maximum atomic E-state index is 16.6. The molecular weight excluding hydrogens is 524 g/mol. The maximum absolute atomic E-state index is 16.6. The first-order chi connectivity index (χ1) is 19.8. The Kier molecular flexibility index (Phi) is 7.23. The molecule has 214 valence electrons. The molecule has 1 fully saturated rings. The molecule has 41 heavy (non-hydrogen) atoms. The Balaban J connectivity index is 1.51. The molecule has 6 rings (SSSR count). The minimum absolute atomic E-state index is 0.00176. The van der Waals surface area contributed by atoms with Crippen LogP contribution in [-0.2, 0) is 6.42 Å². The molecule has 1 aliphatic heterocycles. The molecule has 2 aromatic heterocycles. The van der Waals surface area contributed by atoms with E-state index >= 15 is 4.39 Å². The number of phenols is 1. The predicted molar refractivity (Wildman–Crippen MR) is 158 cm³/mol. The van der Waals surface area contributed by atoms with E-state index in [1.165, 1.54) is 12.1 Å². The number of aromatic nitrogens is 3. The van der Waals surface area contributed by atoms with Gasteiger partial charge in [0.15, 0.2) is 5.82 Å². The Morgan fingerprint density at radius 3 is 2.51 bits per heavy atom. The molecule has 0 amide bonds. The van der Waals surface area contributed by atoms with Gasteiger partial charge in [-0.05, 0) is 80.7 Å². The molecule has 2 aliphatic rings. The lowest BCUT2D eigenvalue weighted by Crippen LogP contribution is -2.28. The largest absolute Gasteiger partial charge is 0.508 e. The van der Waals surface area contributed by atoms with Crippen molar-refractivity contribution in [2.45, 2.75) is 39.0 Å². The van der Waals surface area contributed by atoms with Gasteiger partial charge < -0.3 is 19.6 Å². The number of aryl methyl sites for hydroxylation is 1. The fraction of sp³-hybridized carbons (Fsp3) is 0.406. The van der Waals surface area contributed by atoms with Crippen molar-refractivity contribution in [2.75, 3.05) is 45.2 Å². The molecule has 0 saturated heterocycles. The Bertz CT molecular complexity index is 1640. The van der Waals surface area contributed by atoms with Gasteiger partial charge in [-0.25, -0.2) is 8.78 Å². The van der Waals surface area contributed by atoms with E-state index in [1.54, 1.807) is 18.3 Å². The topological polar surface area (TPSA) is 74.6 Å². The van der Waals surface area contributed by atoms with E-state index in [2.05, 4.69) is 31.9 Å². The second-order valence-corrected chi connectivity index (χ2v) is 11.5. The van der Waals surface area contributed by atoms with Crippen LogP contribution in [0.2, 0.25) is 0 Å². The molecule has 7 nitrogen and oxygen atoms in total. The summed E-state index contributed by atoms with van der Waals surface area (Å²) in [6.07, 6.45) is 10.1. The van der Waals surface area contributed by atoms with E-state index in [9.17, 15) is 9.50 Å². The smallest absolute Gasteiger partial charge is 0.319 e. The molecule has 3 heterocycles. The molecule has 0 spiro atoms. The number of hydrogen-bond donors (Lipinski definition) is 1. The third-order valence-corrected chi connectivity index (χ3v) is 8.12. The summed E-state index contributed by atoms with van der Waals surface area (Å²) in [7, 11) is 4.09. The molecule has 9 heteroatoms. The maximum Gasteiger partial charge on any atom is 0.319 e. The average molecular weight is 560 g/mol. The number of fused-ring (bicyclic) bond motifs is 2. The number of aromatic hydroxyl groups is 1. The number of nitrogens with zero attached hydrogens (tertiary/aromatic N) is 5. The number of phenolic OH excluding ortho intramolecular Hbond substituents is 1. The lowest BCUT2D eigenvalue weighted by atomic mass is 9.94. The standard InChI is InChI=1S/C32H35F2N5O2/c1-4-22-25(33)10-9-20-15-21(40)16-23(26(20)22)28-27(34)29-24(17-35-28)30(39-13-7-5-6-8-14-39)37-31(36-29)41-19-32(11-12-32)18-38(2)3/h5-6,9-10,15-17,40H,4,7-8,11-14,18-19H2,1-3H3. The van der Waals surface area contributed by atoms with Crippen molar-refractivity contribution in [3.05, 3.63) is 59.8 Å². The summed E-state index contributed by atoms with van der Waals surface area (Å²) < 4.78 is 37.6. The van der Waals surface area contributed by atoms with Crippen molar-refractivity contribution in [1.29, 1.82) is 0 Å². The Hall–Kier alpha value is -3.85. The van der Waals surface area contributed by atoms with Crippen LogP contribution in [0.5, 0.6) is 11.8 Å². The monoisotopic (exact) mass is 559 g/mol. The highest BCUT2D eigenvalue weighted by molar-refractivity contribution is 6.01. The molecule has 1 saturated carbocycles. The van der Waals surface area contributed by atoms with E-state index in [-0.39, 0.29) is 34.2 Å². The Labute approximate surface area is 238 Å². The summed E-state index contributed by atoms with van der Waals surface area (Å²) in [5.74, 6) is -0.501. The zero-order valence-electron chi connectivity index (χ0n) is 23.8. The van der Waals surface area contributed by atoms with Gasteiger partial charge in [-0.1, -0.05) is 25.1 Å². The van der Waals surface area contributed by atoms with Crippen LogP contribution < -0.4 is 9.64 Å². The van der Waals surface area contributed by atoms with Crippen molar-refractivity contribution in [1.82, 2.24) is 19.9 Å². The molecule has 0 unspecified atom stereocenters. The number of halogens is 2. The van der Waals surface area contributed by atoms with Crippen LogP contribution in [-0.4, -0.2) is 65.3 Å².